The lowest BCUT2D eigenvalue weighted by molar-refractivity contribution is 0.574. The van der Waals surface area contributed by atoms with Crippen LogP contribution in [0.15, 0.2) is 48.9 Å². The van der Waals surface area contributed by atoms with Gasteiger partial charge in [0.15, 0.2) is 10.9 Å². The van der Waals surface area contributed by atoms with E-state index in [0.29, 0.717) is 21.5 Å². The number of hydrogen-bond donors (Lipinski definition) is 2. The van der Waals surface area contributed by atoms with Crippen molar-refractivity contribution in [1.29, 1.82) is 0 Å². The van der Waals surface area contributed by atoms with E-state index in [1.807, 2.05) is 16.9 Å². The van der Waals surface area contributed by atoms with Crippen LogP contribution in [0.25, 0.3) is 0 Å². The maximum Gasteiger partial charge on any atom is 0.171 e. The number of nitrogens with one attached hydrogen (secondary N) is 2. The second-order valence-electron chi connectivity index (χ2n) is 5.60. The number of nitrogens with zero attached hydrogens (tertiary/aromatic N) is 4. The van der Waals surface area contributed by atoms with E-state index in [4.69, 9.17) is 23.8 Å². The zero-order valence-electron chi connectivity index (χ0n) is 13.9. The minimum absolute atomic E-state index is 0.247. The Balaban J connectivity index is 1.46. The lowest BCUT2D eigenvalue weighted by Gasteiger charge is -2.09. The zero-order valence-corrected chi connectivity index (χ0v) is 15.5. The number of rotatable bonds is 7. The molecular formula is C17H18ClFN6S. The van der Waals surface area contributed by atoms with Crippen molar-refractivity contribution in [3.63, 3.8) is 0 Å². The van der Waals surface area contributed by atoms with Crippen LogP contribution >= 0.6 is 23.8 Å². The molecule has 0 saturated heterocycles. The first-order valence-corrected chi connectivity index (χ1v) is 8.89. The van der Waals surface area contributed by atoms with Crippen LogP contribution in [0.3, 0.4) is 0 Å². The maximum absolute atomic E-state index is 13.8. The van der Waals surface area contributed by atoms with Crippen LogP contribution < -0.4 is 10.6 Å². The summed E-state index contributed by atoms with van der Waals surface area (Å²) in [6.45, 7) is 1.79. The average Bonchev–Trinajstić information content (AvgIpc) is 3.27. The lowest BCUT2D eigenvalue weighted by atomic mass is 10.2. The van der Waals surface area contributed by atoms with Gasteiger partial charge < -0.3 is 10.6 Å². The van der Waals surface area contributed by atoms with Crippen molar-refractivity contribution >= 4 is 34.7 Å². The predicted molar refractivity (Wildman–Crippen MR) is 104 cm³/mol. The third-order valence-electron chi connectivity index (χ3n) is 3.67. The molecule has 3 rings (SSSR count). The Bertz CT molecular complexity index is 844. The average molecular weight is 393 g/mol. The van der Waals surface area contributed by atoms with Crippen molar-refractivity contribution in [3.05, 3.63) is 65.3 Å². The van der Waals surface area contributed by atoms with Crippen LogP contribution in [0.4, 0.5) is 10.2 Å². The van der Waals surface area contributed by atoms with Crippen molar-refractivity contribution in [2.75, 3.05) is 11.9 Å². The molecule has 0 spiro atoms. The zero-order chi connectivity index (χ0) is 18.4. The molecule has 0 unspecified atom stereocenters. The first-order valence-electron chi connectivity index (χ1n) is 8.10. The molecule has 0 bridgehead atoms. The van der Waals surface area contributed by atoms with Crippen LogP contribution in [-0.2, 0) is 13.1 Å². The third kappa shape index (κ3) is 5.03. The largest absolute Gasteiger partial charge is 0.362 e. The van der Waals surface area contributed by atoms with Gasteiger partial charge >= 0.3 is 0 Å². The highest BCUT2D eigenvalue weighted by Crippen LogP contribution is 2.20. The van der Waals surface area contributed by atoms with Gasteiger partial charge in [-0.15, -0.1) is 0 Å². The molecule has 0 aliphatic heterocycles. The number of anilines is 1. The summed E-state index contributed by atoms with van der Waals surface area (Å²) in [5.74, 6) is 0.235. The Morgan fingerprint density at radius 2 is 2.08 bits per heavy atom. The molecule has 2 heterocycles. The van der Waals surface area contributed by atoms with E-state index in [9.17, 15) is 4.39 Å². The summed E-state index contributed by atoms with van der Waals surface area (Å²) in [5.41, 5.74) is 0.406. The molecule has 0 aliphatic carbocycles. The Kier molecular flexibility index (Phi) is 6.19. The summed E-state index contributed by atoms with van der Waals surface area (Å²) < 4.78 is 17.3. The van der Waals surface area contributed by atoms with Gasteiger partial charge in [-0.3, -0.25) is 9.36 Å². The second kappa shape index (κ2) is 8.77. The molecule has 1 aromatic carbocycles. The van der Waals surface area contributed by atoms with Crippen molar-refractivity contribution in [2.24, 2.45) is 0 Å². The molecular weight excluding hydrogens is 375 g/mol. The van der Waals surface area contributed by atoms with Crippen molar-refractivity contribution < 1.29 is 4.39 Å². The number of halogens is 2. The molecule has 136 valence electrons. The van der Waals surface area contributed by atoms with Crippen LogP contribution in [0.2, 0.25) is 5.02 Å². The molecule has 26 heavy (non-hydrogen) atoms. The summed E-state index contributed by atoms with van der Waals surface area (Å²) in [6, 6.07) is 8.28. The van der Waals surface area contributed by atoms with Crippen LogP contribution in [-0.4, -0.2) is 31.2 Å². The summed E-state index contributed by atoms with van der Waals surface area (Å²) in [5, 5.41) is 15.5. The van der Waals surface area contributed by atoms with Crippen molar-refractivity contribution in [2.45, 2.75) is 19.5 Å². The normalized spacial score (nSPS) is 10.7. The van der Waals surface area contributed by atoms with E-state index < -0.39 is 0 Å². The number of benzene rings is 1. The molecule has 2 N–H and O–H groups in total. The Morgan fingerprint density at radius 3 is 2.85 bits per heavy atom. The summed E-state index contributed by atoms with van der Waals surface area (Å²) in [6.07, 6.45) is 6.31. The smallest absolute Gasteiger partial charge is 0.171 e. The van der Waals surface area contributed by atoms with Crippen molar-refractivity contribution in [3.8, 4) is 0 Å². The predicted octanol–water partition coefficient (Wildman–Crippen LogP) is 3.30. The summed E-state index contributed by atoms with van der Waals surface area (Å²) in [4.78, 5) is 0. The molecule has 9 heteroatoms. The van der Waals surface area contributed by atoms with E-state index in [2.05, 4.69) is 20.8 Å². The monoisotopic (exact) mass is 392 g/mol. The molecule has 2 aromatic heterocycles. The quantitative estimate of drug-likeness (QED) is 0.477. The first kappa shape index (κ1) is 18.3. The molecule has 0 saturated carbocycles. The van der Waals surface area contributed by atoms with Gasteiger partial charge in [0.25, 0.3) is 0 Å². The lowest BCUT2D eigenvalue weighted by Crippen LogP contribution is -2.30. The molecule has 6 nitrogen and oxygen atoms in total. The number of hydrogen-bond acceptors (Lipinski definition) is 3. The maximum atomic E-state index is 13.8. The topological polar surface area (TPSA) is 59.7 Å². The molecule has 0 aliphatic rings. The van der Waals surface area contributed by atoms with E-state index in [1.165, 1.54) is 6.07 Å². The Morgan fingerprint density at radius 1 is 1.19 bits per heavy atom. The minimum atomic E-state index is -0.350. The van der Waals surface area contributed by atoms with Crippen LogP contribution in [0.1, 0.15) is 12.0 Å². The van der Waals surface area contributed by atoms with Gasteiger partial charge in [-0.1, -0.05) is 17.7 Å². The molecule has 0 radical (unpaired) electrons. The van der Waals surface area contributed by atoms with E-state index in [-0.39, 0.29) is 12.4 Å². The summed E-state index contributed by atoms with van der Waals surface area (Å²) in [7, 11) is 0. The molecule has 0 amide bonds. The molecule has 0 fully saturated rings. The van der Waals surface area contributed by atoms with E-state index in [1.54, 1.807) is 35.3 Å². The standard InChI is InChI=1S/C17H18ClFN6S/c18-14-4-1-5-15(19)13(14)12-25-11-6-16(23-25)22-17(26)20-7-2-9-24-10-3-8-21-24/h1,3-6,8,10-11H,2,7,9,12H2,(H2,20,22,23,26). The van der Waals surface area contributed by atoms with Gasteiger partial charge in [-0.2, -0.15) is 10.2 Å². The van der Waals surface area contributed by atoms with Gasteiger partial charge in [-0.25, -0.2) is 4.39 Å². The van der Waals surface area contributed by atoms with Gasteiger partial charge in [0, 0.05) is 48.3 Å². The SMILES string of the molecule is Fc1cccc(Cl)c1Cn1ccc(NC(=S)NCCCn2cccn2)n1. The fourth-order valence-corrected chi connectivity index (χ4v) is 2.83. The summed E-state index contributed by atoms with van der Waals surface area (Å²) >= 11 is 11.3. The van der Waals surface area contributed by atoms with Gasteiger partial charge in [0.05, 0.1) is 6.54 Å². The van der Waals surface area contributed by atoms with Crippen LogP contribution in [0.5, 0.6) is 0 Å². The Hall–Kier alpha value is -2.45. The van der Waals surface area contributed by atoms with Gasteiger partial charge in [0.1, 0.15) is 5.82 Å². The second-order valence-corrected chi connectivity index (χ2v) is 6.42. The fraction of sp³-hybridized carbons (Fsp3) is 0.235. The Labute approximate surface area is 161 Å². The number of aromatic nitrogens is 4. The van der Waals surface area contributed by atoms with Gasteiger partial charge in [-0.05, 0) is 36.8 Å². The number of thiocarbonyl (C=S) groups is 1. The highest BCUT2D eigenvalue weighted by atomic mass is 35.5. The van der Waals surface area contributed by atoms with Crippen LogP contribution in [0, 0.1) is 5.82 Å². The third-order valence-corrected chi connectivity index (χ3v) is 4.27. The highest BCUT2D eigenvalue weighted by molar-refractivity contribution is 7.80. The molecule has 0 atom stereocenters. The minimum Gasteiger partial charge on any atom is -0.362 e. The van der Waals surface area contributed by atoms with Crippen molar-refractivity contribution in [1.82, 2.24) is 24.9 Å². The van der Waals surface area contributed by atoms with E-state index >= 15 is 0 Å². The number of aryl methyl sites for hydroxylation is 1. The molecule has 3 aromatic rings. The van der Waals surface area contributed by atoms with E-state index in [0.717, 1.165) is 19.5 Å². The fourth-order valence-electron chi connectivity index (χ4n) is 2.40. The first-order chi connectivity index (χ1) is 12.6. The highest BCUT2D eigenvalue weighted by Gasteiger charge is 2.09. The van der Waals surface area contributed by atoms with Gasteiger partial charge in [0.2, 0.25) is 0 Å².